The van der Waals surface area contributed by atoms with Gasteiger partial charge in [0.15, 0.2) is 0 Å². The average Bonchev–Trinajstić information content (AvgIpc) is 1.99. The molecule has 0 unspecified atom stereocenters. The summed E-state index contributed by atoms with van der Waals surface area (Å²) in [5, 5.41) is 19.6. The van der Waals surface area contributed by atoms with Crippen LogP contribution in [0.5, 0.6) is 5.75 Å². The van der Waals surface area contributed by atoms with Crippen molar-refractivity contribution in [2.45, 2.75) is 6.61 Å². The first kappa shape index (κ1) is 8.65. The molecule has 0 amide bonds. The van der Waals surface area contributed by atoms with Gasteiger partial charge in [-0.3, -0.25) is 5.11 Å². The van der Waals surface area contributed by atoms with E-state index in [1.807, 2.05) is 0 Å². The largest absolute Gasteiger partial charge is 0.392 e. The molecule has 0 spiro atoms. The SMILES string of the molecule is [O]c1c(Cl)cc(CO)cc1Cl. The van der Waals surface area contributed by atoms with Gasteiger partial charge in [-0.05, 0) is 17.7 Å². The van der Waals surface area contributed by atoms with Crippen LogP contribution in [0.2, 0.25) is 10.0 Å². The van der Waals surface area contributed by atoms with Gasteiger partial charge in [0.25, 0.3) is 0 Å². The van der Waals surface area contributed by atoms with E-state index >= 15 is 0 Å². The number of hydrogen-bond acceptors (Lipinski definition) is 1. The van der Waals surface area contributed by atoms with Gasteiger partial charge in [-0.25, -0.2) is 0 Å². The van der Waals surface area contributed by atoms with Gasteiger partial charge in [-0.15, -0.1) is 0 Å². The Morgan fingerprint density at radius 2 is 1.73 bits per heavy atom. The Labute approximate surface area is 74.0 Å². The molecule has 0 bridgehead atoms. The van der Waals surface area contributed by atoms with Crippen LogP contribution in [-0.2, 0) is 11.7 Å². The quantitative estimate of drug-likeness (QED) is 0.729. The fourth-order valence-corrected chi connectivity index (χ4v) is 1.24. The molecule has 0 aliphatic carbocycles. The molecular formula is C7H5Cl2O2. The second-order valence-electron chi connectivity index (χ2n) is 2.05. The number of hydrogen-bond donors (Lipinski definition) is 1. The fourth-order valence-electron chi connectivity index (χ4n) is 0.704. The highest BCUT2D eigenvalue weighted by Crippen LogP contribution is 2.33. The van der Waals surface area contributed by atoms with Crippen molar-refractivity contribution in [2.75, 3.05) is 0 Å². The third kappa shape index (κ3) is 1.77. The first-order chi connectivity index (χ1) is 5.15. The Bertz CT molecular complexity index is 250. The van der Waals surface area contributed by atoms with Crippen LogP contribution in [0, 0.1) is 0 Å². The lowest BCUT2D eigenvalue weighted by molar-refractivity contribution is 0.281. The molecule has 0 aliphatic rings. The molecule has 1 rings (SSSR count). The second-order valence-corrected chi connectivity index (χ2v) is 2.86. The van der Waals surface area contributed by atoms with Crippen molar-refractivity contribution < 1.29 is 10.2 Å². The van der Waals surface area contributed by atoms with Crippen molar-refractivity contribution in [1.82, 2.24) is 0 Å². The van der Waals surface area contributed by atoms with E-state index < -0.39 is 5.75 Å². The monoisotopic (exact) mass is 191 g/mol. The molecule has 1 aromatic rings. The van der Waals surface area contributed by atoms with E-state index in [1.54, 1.807) is 0 Å². The van der Waals surface area contributed by atoms with Crippen LogP contribution in [0.3, 0.4) is 0 Å². The van der Waals surface area contributed by atoms with Crippen molar-refractivity contribution in [2.24, 2.45) is 0 Å². The van der Waals surface area contributed by atoms with E-state index in [2.05, 4.69) is 0 Å². The molecule has 1 N–H and O–H groups in total. The summed E-state index contributed by atoms with van der Waals surface area (Å²) >= 11 is 11.0. The molecule has 2 nitrogen and oxygen atoms in total. The van der Waals surface area contributed by atoms with Gasteiger partial charge in [-0.2, -0.15) is 0 Å². The molecule has 0 saturated heterocycles. The maximum Gasteiger partial charge on any atom is 0.215 e. The molecule has 0 atom stereocenters. The Kier molecular flexibility index (Phi) is 2.60. The second kappa shape index (κ2) is 3.30. The molecule has 0 heterocycles. The number of rotatable bonds is 1. The summed E-state index contributed by atoms with van der Waals surface area (Å²) in [6, 6.07) is 2.80. The summed E-state index contributed by atoms with van der Waals surface area (Å²) in [7, 11) is 0. The summed E-state index contributed by atoms with van der Waals surface area (Å²) in [5.41, 5.74) is 0.541. The Morgan fingerprint density at radius 3 is 2.09 bits per heavy atom. The Balaban J connectivity index is 3.21. The zero-order valence-corrected chi connectivity index (χ0v) is 6.99. The predicted molar refractivity (Wildman–Crippen MR) is 42.5 cm³/mol. The Morgan fingerprint density at radius 1 is 1.27 bits per heavy atom. The zero-order valence-electron chi connectivity index (χ0n) is 5.47. The maximum atomic E-state index is 10.9. The first-order valence-electron chi connectivity index (χ1n) is 2.91. The van der Waals surface area contributed by atoms with Gasteiger partial charge in [0.05, 0.1) is 16.7 Å². The van der Waals surface area contributed by atoms with Crippen molar-refractivity contribution in [1.29, 1.82) is 0 Å². The molecule has 0 aromatic heterocycles. The molecule has 0 saturated carbocycles. The summed E-state index contributed by atoms with van der Waals surface area (Å²) in [6.07, 6.45) is 0. The maximum absolute atomic E-state index is 10.9. The molecule has 4 heteroatoms. The minimum Gasteiger partial charge on any atom is -0.392 e. The van der Waals surface area contributed by atoms with Crippen LogP contribution < -0.4 is 0 Å². The van der Waals surface area contributed by atoms with E-state index in [1.165, 1.54) is 12.1 Å². The van der Waals surface area contributed by atoms with Crippen LogP contribution in [0.15, 0.2) is 12.1 Å². The highest BCUT2D eigenvalue weighted by atomic mass is 35.5. The van der Waals surface area contributed by atoms with E-state index in [9.17, 15) is 5.11 Å². The van der Waals surface area contributed by atoms with Gasteiger partial charge in [0, 0.05) is 0 Å². The molecule has 11 heavy (non-hydrogen) atoms. The topological polar surface area (TPSA) is 40.1 Å². The van der Waals surface area contributed by atoms with Crippen molar-refractivity contribution >= 4 is 23.2 Å². The number of benzene rings is 1. The number of aliphatic hydroxyl groups excluding tert-OH is 1. The minimum atomic E-state index is -0.398. The van der Waals surface area contributed by atoms with Gasteiger partial charge in [0.2, 0.25) is 5.75 Å². The van der Waals surface area contributed by atoms with Gasteiger partial charge < -0.3 is 5.11 Å². The number of aliphatic hydroxyl groups is 1. The van der Waals surface area contributed by atoms with E-state index in [4.69, 9.17) is 28.3 Å². The third-order valence-corrected chi connectivity index (χ3v) is 1.80. The molecule has 0 fully saturated rings. The van der Waals surface area contributed by atoms with E-state index in [0.717, 1.165) is 0 Å². The lowest BCUT2D eigenvalue weighted by Gasteiger charge is -1.99. The van der Waals surface area contributed by atoms with Gasteiger partial charge in [0.1, 0.15) is 0 Å². The van der Waals surface area contributed by atoms with E-state index in [0.29, 0.717) is 5.56 Å². The molecular weight excluding hydrogens is 187 g/mol. The predicted octanol–water partition coefficient (Wildman–Crippen LogP) is 2.63. The standard InChI is InChI=1S/C7H5Cl2O2/c8-5-1-4(3-10)2-6(9)7(5)11/h1-2,10H,3H2. The fraction of sp³-hybridized carbons (Fsp3) is 0.143. The highest BCUT2D eigenvalue weighted by molar-refractivity contribution is 6.37. The van der Waals surface area contributed by atoms with Gasteiger partial charge in [-0.1, -0.05) is 23.2 Å². The van der Waals surface area contributed by atoms with Gasteiger partial charge >= 0.3 is 0 Å². The number of halogens is 2. The van der Waals surface area contributed by atoms with Crippen LogP contribution in [-0.4, -0.2) is 5.11 Å². The smallest absolute Gasteiger partial charge is 0.215 e. The van der Waals surface area contributed by atoms with E-state index in [-0.39, 0.29) is 16.7 Å². The molecule has 1 radical (unpaired) electrons. The molecule has 1 aromatic carbocycles. The summed E-state index contributed by atoms with van der Waals surface area (Å²) in [5.74, 6) is -0.398. The minimum absolute atomic E-state index is 0.0431. The zero-order chi connectivity index (χ0) is 8.43. The average molecular weight is 192 g/mol. The lowest BCUT2D eigenvalue weighted by Crippen LogP contribution is -1.82. The van der Waals surface area contributed by atoms with Crippen LogP contribution in [0.25, 0.3) is 0 Å². The van der Waals surface area contributed by atoms with Crippen LogP contribution in [0.1, 0.15) is 5.56 Å². The highest BCUT2D eigenvalue weighted by Gasteiger charge is 2.07. The first-order valence-corrected chi connectivity index (χ1v) is 3.66. The van der Waals surface area contributed by atoms with Crippen LogP contribution >= 0.6 is 23.2 Å². The van der Waals surface area contributed by atoms with Crippen molar-refractivity contribution in [3.63, 3.8) is 0 Å². The summed E-state index contributed by atoms with van der Waals surface area (Å²) in [4.78, 5) is 0. The normalized spacial score (nSPS) is 10.1. The third-order valence-electron chi connectivity index (χ3n) is 1.24. The van der Waals surface area contributed by atoms with Crippen LogP contribution in [0.4, 0.5) is 0 Å². The molecule has 59 valence electrons. The lowest BCUT2D eigenvalue weighted by atomic mass is 10.2. The van der Waals surface area contributed by atoms with Crippen molar-refractivity contribution in [3.8, 4) is 5.75 Å². The summed E-state index contributed by atoms with van der Waals surface area (Å²) < 4.78 is 0. The molecule has 0 aliphatic heterocycles. The Hall–Kier alpha value is -0.440. The van der Waals surface area contributed by atoms with Crippen molar-refractivity contribution in [3.05, 3.63) is 27.7 Å². The summed E-state index contributed by atoms with van der Waals surface area (Å²) in [6.45, 7) is -0.167.